The highest BCUT2D eigenvalue weighted by Gasteiger charge is 2.11. The van der Waals surface area contributed by atoms with Crippen LogP contribution in [0.2, 0.25) is 0 Å². The van der Waals surface area contributed by atoms with Gasteiger partial charge >= 0.3 is 0 Å². The van der Waals surface area contributed by atoms with Crippen LogP contribution in [0.25, 0.3) is 10.2 Å². The summed E-state index contributed by atoms with van der Waals surface area (Å²) in [5.41, 5.74) is 1.02. The van der Waals surface area contributed by atoms with E-state index in [-0.39, 0.29) is 5.69 Å². The van der Waals surface area contributed by atoms with Crippen molar-refractivity contribution in [1.82, 2.24) is 4.98 Å². The molecule has 0 aliphatic rings. The van der Waals surface area contributed by atoms with Gasteiger partial charge in [-0.05, 0) is 12.1 Å². The number of benzene rings is 2. The van der Waals surface area contributed by atoms with E-state index in [0.717, 1.165) is 22.3 Å². The summed E-state index contributed by atoms with van der Waals surface area (Å²) in [6.45, 7) is 0. The molecule has 96 valence electrons. The third-order valence-corrected chi connectivity index (χ3v) is 3.51. The van der Waals surface area contributed by atoms with Crippen molar-refractivity contribution in [3.8, 4) is 5.75 Å². The number of aromatic nitrogens is 1. The monoisotopic (exact) mass is 278 g/mol. The fourth-order valence-electron chi connectivity index (χ4n) is 1.69. The summed E-state index contributed by atoms with van der Waals surface area (Å²) in [6.07, 6.45) is 0. The van der Waals surface area contributed by atoms with Gasteiger partial charge in [0, 0.05) is 17.8 Å². The normalized spacial score (nSPS) is 10.8. The van der Waals surface area contributed by atoms with E-state index >= 15 is 0 Å². The van der Waals surface area contributed by atoms with Crippen molar-refractivity contribution in [2.75, 3.05) is 5.32 Å². The van der Waals surface area contributed by atoms with Gasteiger partial charge < -0.3 is 10.4 Å². The second-order valence-corrected chi connectivity index (χ2v) is 4.93. The number of hydrogen-bond donors (Lipinski definition) is 2. The zero-order valence-corrected chi connectivity index (χ0v) is 10.3. The zero-order chi connectivity index (χ0) is 13.4. The molecule has 0 aliphatic carbocycles. The highest BCUT2D eigenvalue weighted by molar-refractivity contribution is 7.22. The van der Waals surface area contributed by atoms with Gasteiger partial charge in [-0.3, -0.25) is 0 Å². The van der Waals surface area contributed by atoms with E-state index in [0.29, 0.717) is 5.13 Å². The number of halogens is 2. The van der Waals surface area contributed by atoms with Crippen molar-refractivity contribution in [3.63, 3.8) is 0 Å². The van der Waals surface area contributed by atoms with Crippen LogP contribution >= 0.6 is 11.3 Å². The Kier molecular flexibility index (Phi) is 2.79. The Bertz CT molecular complexity index is 701. The fraction of sp³-hybridized carbons (Fsp3) is 0. The minimum atomic E-state index is -1.01. The van der Waals surface area contributed by atoms with Crippen LogP contribution < -0.4 is 5.32 Å². The maximum absolute atomic E-state index is 13.2. The Balaban J connectivity index is 1.96. The van der Waals surface area contributed by atoms with Gasteiger partial charge in [-0.25, -0.2) is 13.8 Å². The first-order valence-electron chi connectivity index (χ1n) is 5.44. The van der Waals surface area contributed by atoms with Gasteiger partial charge in [0.25, 0.3) is 0 Å². The van der Waals surface area contributed by atoms with Gasteiger partial charge in [-0.1, -0.05) is 23.5 Å². The van der Waals surface area contributed by atoms with Gasteiger partial charge in [0.05, 0.1) is 10.2 Å². The number of nitrogens with one attached hydrogen (secondary N) is 1. The van der Waals surface area contributed by atoms with Gasteiger partial charge in [-0.2, -0.15) is 0 Å². The molecule has 3 rings (SSSR count). The van der Waals surface area contributed by atoms with Crippen LogP contribution in [-0.4, -0.2) is 10.1 Å². The summed E-state index contributed by atoms with van der Waals surface area (Å²) < 4.78 is 27.4. The quantitative estimate of drug-likeness (QED) is 0.696. The average Bonchev–Trinajstić information content (AvgIpc) is 2.78. The molecular weight excluding hydrogens is 270 g/mol. The molecule has 0 atom stereocenters. The number of thiazole rings is 1. The summed E-state index contributed by atoms with van der Waals surface area (Å²) in [5.74, 6) is -3.00. The second-order valence-electron chi connectivity index (χ2n) is 3.90. The molecule has 0 radical (unpaired) electrons. The molecule has 0 unspecified atom stereocenters. The predicted octanol–water partition coefficient (Wildman–Crippen LogP) is 4.02. The van der Waals surface area contributed by atoms with Gasteiger partial charge in [0.1, 0.15) is 0 Å². The van der Waals surface area contributed by atoms with E-state index in [1.54, 1.807) is 0 Å². The zero-order valence-electron chi connectivity index (χ0n) is 9.52. The van der Waals surface area contributed by atoms with Crippen LogP contribution in [0.1, 0.15) is 0 Å². The molecule has 0 amide bonds. The number of aromatic hydroxyl groups is 1. The highest BCUT2D eigenvalue weighted by Crippen LogP contribution is 2.30. The molecule has 0 saturated carbocycles. The van der Waals surface area contributed by atoms with Crippen LogP contribution in [0.15, 0.2) is 36.4 Å². The Labute approximate surface area is 111 Å². The molecule has 3 aromatic rings. The SMILES string of the molecule is Oc1c(F)cc(Nc2nc3ccccc3s2)cc1F. The maximum Gasteiger partial charge on any atom is 0.188 e. The van der Waals surface area contributed by atoms with Crippen molar-refractivity contribution in [2.24, 2.45) is 0 Å². The van der Waals surface area contributed by atoms with Gasteiger partial charge in [-0.15, -0.1) is 0 Å². The van der Waals surface area contributed by atoms with Crippen molar-refractivity contribution in [3.05, 3.63) is 48.0 Å². The Morgan fingerprint density at radius 3 is 2.47 bits per heavy atom. The lowest BCUT2D eigenvalue weighted by Crippen LogP contribution is -1.92. The molecule has 0 saturated heterocycles. The standard InChI is InChI=1S/C13H8F2N2OS/c14-8-5-7(6-9(15)12(8)18)16-13-17-10-3-1-2-4-11(10)19-13/h1-6,18H,(H,16,17). The summed E-state index contributed by atoms with van der Waals surface area (Å²) in [4.78, 5) is 4.29. The fourth-order valence-corrected chi connectivity index (χ4v) is 2.57. The number of para-hydroxylation sites is 1. The molecule has 0 fully saturated rings. The summed E-state index contributed by atoms with van der Waals surface area (Å²) in [7, 11) is 0. The maximum atomic E-state index is 13.2. The summed E-state index contributed by atoms with van der Waals surface area (Å²) >= 11 is 1.38. The molecule has 0 bridgehead atoms. The number of anilines is 2. The first kappa shape index (κ1) is 11.9. The van der Waals surface area contributed by atoms with Gasteiger partial charge in [0.2, 0.25) is 0 Å². The van der Waals surface area contributed by atoms with Crippen molar-refractivity contribution in [1.29, 1.82) is 0 Å². The van der Waals surface area contributed by atoms with E-state index in [1.165, 1.54) is 11.3 Å². The minimum Gasteiger partial charge on any atom is -0.503 e. The molecule has 0 spiro atoms. The lowest BCUT2D eigenvalue weighted by Gasteiger charge is -2.04. The number of nitrogens with zero attached hydrogens (tertiary/aromatic N) is 1. The van der Waals surface area contributed by atoms with Crippen LogP contribution in [-0.2, 0) is 0 Å². The Morgan fingerprint density at radius 2 is 1.79 bits per heavy atom. The Morgan fingerprint density at radius 1 is 1.11 bits per heavy atom. The molecule has 19 heavy (non-hydrogen) atoms. The van der Waals surface area contributed by atoms with E-state index in [9.17, 15) is 8.78 Å². The van der Waals surface area contributed by atoms with Crippen LogP contribution in [0.5, 0.6) is 5.75 Å². The molecule has 2 aromatic carbocycles. The van der Waals surface area contributed by atoms with Crippen LogP contribution in [0.4, 0.5) is 19.6 Å². The molecule has 1 aromatic heterocycles. The summed E-state index contributed by atoms with van der Waals surface area (Å²) in [6, 6.07) is 9.57. The highest BCUT2D eigenvalue weighted by atomic mass is 32.1. The molecule has 0 aliphatic heterocycles. The first-order valence-corrected chi connectivity index (χ1v) is 6.26. The second kappa shape index (κ2) is 4.47. The first-order chi connectivity index (χ1) is 9.13. The Hall–Kier alpha value is -2.21. The largest absolute Gasteiger partial charge is 0.503 e. The molecular formula is C13H8F2N2OS. The van der Waals surface area contributed by atoms with Gasteiger partial charge in [0.15, 0.2) is 22.5 Å². The molecule has 1 heterocycles. The average molecular weight is 278 g/mol. The molecule has 2 N–H and O–H groups in total. The smallest absolute Gasteiger partial charge is 0.188 e. The number of fused-ring (bicyclic) bond motifs is 1. The van der Waals surface area contributed by atoms with Crippen LogP contribution in [0.3, 0.4) is 0 Å². The third-order valence-electron chi connectivity index (χ3n) is 2.56. The van der Waals surface area contributed by atoms with Crippen molar-refractivity contribution >= 4 is 32.4 Å². The molecule has 6 heteroatoms. The lowest BCUT2D eigenvalue weighted by atomic mass is 10.3. The van der Waals surface area contributed by atoms with E-state index < -0.39 is 17.4 Å². The predicted molar refractivity (Wildman–Crippen MR) is 70.9 cm³/mol. The third kappa shape index (κ3) is 2.22. The van der Waals surface area contributed by atoms with Crippen LogP contribution in [0, 0.1) is 11.6 Å². The van der Waals surface area contributed by atoms with Crippen molar-refractivity contribution < 1.29 is 13.9 Å². The number of phenolic OH excluding ortho intramolecular Hbond substituents is 1. The number of phenols is 1. The minimum absolute atomic E-state index is 0.201. The van der Waals surface area contributed by atoms with E-state index in [1.807, 2.05) is 24.3 Å². The number of hydrogen-bond acceptors (Lipinski definition) is 4. The van der Waals surface area contributed by atoms with Crippen molar-refractivity contribution in [2.45, 2.75) is 0 Å². The summed E-state index contributed by atoms with van der Waals surface area (Å²) in [5, 5.41) is 12.4. The molecule has 3 nitrogen and oxygen atoms in total. The number of rotatable bonds is 2. The lowest BCUT2D eigenvalue weighted by molar-refractivity contribution is 0.396. The van der Waals surface area contributed by atoms with E-state index in [2.05, 4.69) is 10.3 Å². The topological polar surface area (TPSA) is 45.1 Å². The van der Waals surface area contributed by atoms with E-state index in [4.69, 9.17) is 5.11 Å².